The summed E-state index contributed by atoms with van der Waals surface area (Å²) in [7, 11) is 0. The first-order chi connectivity index (χ1) is 8.25. The molecule has 0 unspecified atom stereocenters. The highest BCUT2D eigenvalue weighted by Gasteiger charge is 2.29. The number of nitrogens with one attached hydrogen (secondary N) is 1. The smallest absolute Gasteiger partial charge is 0.278 e. The highest BCUT2D eigenvalue weighted by molar-refractivity contribution is 5.85. The zero-order chi connectivity index (χ0) is 11.8. The Balaban J connectivity index is 0.00000120. The van der Waals surface area contributed by atoms with Gasteiger partial charge in [-0.05, 0) is 25.5 Å². The Morgan fingerprint density at radius 2 is 2.06 bits per heavy atom. The molecule has 0 bridgehead atoms. The van der Waals surface area contributed by atoms with Crippen molar-refractivity contribution in [1.29, 1.82) is 0 Å². The van der Waals surface area contributed by atoms with E-state index in [1.807, 2.05) is 0 Å². The highest BCUT2D eigenvalue weighted by atomic mass is 35.5. The standard InChI is InChI=1S/C11H12N2O4.ClH/c14-13(15)9-5-11-10(16-6-17-11)4-7(9)8-2-1-3-12-8;/h4-5,8,12H,1-3,6H2;1H/t8-;/m0./s1. The van der Waals surface area contributed by atoms with Crippen molar-refractivity contribution < 1.29 is 14.4 Å². The van der Waals surface area contributed by atoms with Gasteiger partial charge in [0.1, 0.15) is 0 Å². The molecule has 2 aliphatic heterocycles. The van der Waals surface area contributed by atoms with Crippen molar-refractivity contribution >= 4 is 18.1 Å². The van der Waals surface area contributed by atoms with Gasteiger partial charge < -0.3 is 14.8 Å². The van der Waals surface area contributed by atoms with Gasteiger partial charge in [0.2, 0.25) is 6.79 Å². The highest BCUT2D eigenvalue weighted by Crippen LogP contribution is 2.41. The summed E-state index contributed by atoms with van der Waals surface area (Å²) < 4.78 is 10.4. The van der Waals surface area contributed by atoms with Crippen LogP contribution >= 0.6 is 12.4 Å². The minimum atomic E-state index is -0.364. The first-order valence-corrected chi connectivity index (χ1v) is 5.57. The van der Waals surface area contributed by atoms with Crippen molar-refractivity contribution in [3.63, 3.8) is 0 Å². The summed E-state index contributed by atoms with van der Waals surface area (Å²) in [6.07, 6.45) is 1.96. The molecule has 0 spiro atoms. The lowest BCUT2D eigenvalue weighted by Gasteiger charge is -2.11. The first kappa shape index (κ1) is 12.9. The van der Waals surface area contributed by atoms with Crippen molar-refractivity contribution in [2.24, 2.45) is 0 Å². The molecule has 1 N–H and O–H groups in total. The molecule has 1 aromatic carbocycles. The minimum Gasteiger partial charge on any atom is -0.454 e. The first-order valence-electron chi connectivity index (χ1n) is 5.57. The molecule has 18 heavy (non-hydrogen) atoms. The molecule has 0 aromatic heterocycles. The third-order valence-electron chi connectivity index (χ3n) is 3.15. The Hall–Kier alpha value is -1.53. The van der Waals surface area contributed by atoms with E-state index in [2.05, 4.69) is 5.32 Å². The predicted octanol–water partition coefficient (Wildman–Crippen LogP) is 2.17. The number of nitro groups is 1. The molecule has 98 valence electrons. The normalized spacial score (nSPS) is 20.6. The number of nitro benzene ring substituents is 1. The lowest BCUT2D eigenvalue weighted by atomic mass is 10.0. The quantitative estimate of drug-likeness (QED) is 0.660. The fourth-order valence-corrected chi connectivity index (χ4v) is 2.33. The number of hydrogen-bond donors (Lipinski definition) is 1. The van der Waals surface area contributed by atoms with Crippen LogP contribution in [0.5, 0.6) is 11.5 Å². The van der Waals surface area contributed by atoms with Gasteiger partial charge in [-0.2, -0.15) is 0 Å². The number of rotatable bonds is 2. The van der Waals surface area contributed by atoms with E-state index in [1.165, 1.54) is 6.07 Å². The Labute approximate surface area is 110 Å². The maximum atomic E-state index is 11.1. The van der Waals surface area contributed by atoms with Crippen molar-refractivity contribution in [2.75, 3.05) is 13.3 Å². The molecule has 6 nitrogen and oxygen atoms in total. The average molecular weight is 273 g/mol. The molecular formula is C11H13ClN2O4. The zero-order valence-electron chi connectivity index (χ0n) is 9.55. The maximum absolute atomic E-state index is 11.1. The van der Waals surface area contributed by atoms with E-state index in [-0.39, 0.29) is 35.9 Å². The molecule has 1 aromatic rings. The third-order valence-corrected chi connectivity index (χ3v) is 3.15. The lowest BCUT2D eigenvalue weighted by molar-refractivity contribution is -0.385. The number of halogens is 1. The molecular weight excluding hydrogens is 260 g/mol. The zero-order valence-corrected chi connectivity index (χ0v) is 10.4. The largest absolute Gasteiger partial charge is 0.454 e. The van der Waals surface area contributed by atoms with E-state index in [0.29, 0.717) is 17.1 Å². The summed E-state index contributed by atoms with van der Waals surface area (Å²) >= 11 is 0. The summed E-state index contributed by atoms with van der Waals surface area (Å²) in [5.41, 5.74) is 0.797. The van der Waals surface area contributed by atoms with Gasteiger partial charge in [-0.3, -0.25) is 10.1 Å². The topological polar surface area (TPSA) is 73.6 Å². The number of fused-ring (bicyclic) bond motifs is 1. The fraction of sp³-hybridized carbons (Fsp3) is 0.455. The van der Waals surface area contributed by atoms with Crippen molar-refractivity contribution in [3.05, 3.63) is 27.8 Å². The van der Waals surface area contributed by atoms with Gasteiger partial charge in [0.05, 0.1) is 16.6 Å². The van der Waals surface area contributed by atoms with E-state index >= 15 is 0 Å². The Morgan fingerprint density at radius 1 is 1.33 bits per heavy atom. The number of benzene rings is 1. The van der Waals surface area contributed by atoms with Gasteiger partial charge in [0.15, 0.2) is 11.5 Å². The fourth-order valence-electron chi connectivity index (χ4n) is 2.33. The van der Waals surface area contributed by atoms with Crippen molar-refractivity contribution in [3.8, 4) is 11.5 Å². The van der Waals surface area contributed by atoms with Crippen LogP contribution in [0.3, 0.4) is 0 Å². The van der Waals surface area contributed by atoms with E-state index < -0.39 is 0 Å². The van der Waals surface area contributed by atoms with Crippen LogP contribution in [0.2, 0.25) is 0 Å². The molecule has 7 heteroatoms. The van der Waals surface area contributed by atoms with Crippen LogP contribution < -0.4 is 14.8 Å². The maximum Gasteiger partial charge on any atom is 0.278 e. The molecule has 0 saturated carbocycles. The van der Waals surface area contributed by atoms with Crippen LogP contribution in [0.25, 0.3) is 0 Å². The van der Waals surface area contributed by atoms with E-state index in [0.717, 1.165) is 19.4 Å². The Morgan fingerprint density at radius 3 is 2.67 bits per heavy atom. The predicted molar refractivity (Wildman–Crippen MR) is 66.4 cm³/mol. The van der Waals surface area contributed by atoms with Gasteiger partial charge in [-0.1, -0.05) is 0 Å². The molecule has 1 fully saturated rings. The van der Waals surface area contributed by atoms with Gasteiger partial charge in [-0.25, -0.2) is 0 Å². The second-order valence-electron chi connectivity index (χ2n) is 4.17. The van der Waals surface area contributed by atoms with Gasteiger partial charge in [0, 0.05) is 6.04 Å². The van der Waals surface area contributed by atoms with Crippen LogP contribution in [0.4, 0.5) is 5.69 Å². The van der Waals surface area contributed by atoms with Crippen LogP contribution in [-0.4, -0.2) is 18.3 Å². The molecule has 0 aliphatic carbocycles. The van der Waals surface area contributed by atoms with Crippen LogP contribution in [-0.2, 0) is 0 Å². The van der Waals surface area contributed by atoms with E-state index in [4.69, 9.17) is 9.47 Å². The molecule has 1 atom stereocenters. The van der Waals surface area contributed by atoms with E-state index in [9.17, 15) is 10.1 Å². The summed E-state index contributed by atoms with van der Waals surface area (Å²) in [4.78, 5) is 10.7. The number of ether oxygens (including phenoxy) is 2. The molecule has 3 rings (SSSR count). The Bertz CT molecular complexity index is 474. The average Bonchev–Trinajstić information content (AvgIpc) is 2.98. The number of nitrogens with zero attached hydrogens (tertiary/aromatic N) is 1. The summed E-state index contributed by atoms with van der Waals surface area (Å²) in [6, 6.07) is 3.23. The molecule has 0 amide bonds. The van der Waals surface area contributed by atoms with E-state index in [1.54, 1.807) is 6.07 Å². The van der Waals surface area contributed by atoms with Crippen molar-refractivity contribution in [2.45, 2.75) is 18.9 Å². The minimum absolute atomic E-state index is 0. The molecule has 2 heterocycles. The van der Waals surface area contributed by atoms with Gasteiger partial charge in [0.25, 0.3) is 5.69 Å². The second kappa shape index (κ2) is 4.99. The molecule has 2 aliphatic rings. The van der Waals surface area contributed by atoms with Crippen molar-refractivity contribution in [1.82, 2.24) is 5.32 Å². The van der Waals surface area contributed by atoms with Crippen LogP contribution in [0, 0.1) is 10.1 Å². The van der Waals surface area contributed by atoms with Crippen LogP contribution in [0.15, 0.2) is 12.1 Å². The summed E-state index contributed by atoms with van der Waals surface area (Å²) in [5.74, 6) is 1.05. The third kappa shape index (κ3) is 2.09. The SMILES string of the molecule is Cl.O=[N+]([O-])c1cc2c(cc1[C@@H]1CCCN1)OCO2. The summed E-state index contributed by atoms with van der Waals surface area (Å²) in [6.45, 7) is 1.03. The van der Waals surface area contributed by atoms with Gasteiger partial charge >= 0.3 is 0 Å². The lowest BCUT2D eigenvalue weighted by Crippen LogP contribution is -2.14. The molecule has 1 saturated heterocycles. The monoisotopic (exact) mass is 272 g/mol. The van der Waals surface area contributed by atoms with Crippen LogP contribution in [0.1, 0.15) is 24.4 Å². The van der Waals surface area contributed by atoms with Gasteiger partial charge in [-0.15, -0.1) is 12.4 Å². The Kier molecular flexibility index (Phi) is 3.58. The second-order valence-corrected chi connectivity index (χ2v) is 4.17. The summed E-state index contributed by atoms with van der Waals surface area (Å²) in [5, 5.41) is 14.3. The molecule has 0 radical (unpaired) electrons. The number of hydrogen-bond acceptors (Lipinski definition) is 5.